The maximum atomic E-state index is 13.2. The molecule has 0 atom stereocenters. The highest BCUT2D eigenvalue weighted by Crippen LogP contribution is 2.44. The SMILES string of the molecule is O=C(Nc1cc(O)c2cc(N=Nc3ccc(N=Nc4ccc(S(=O)(=O)[O-])cc4)cc3S(=O)(=O)[O-])c(S(=O)(=O)[O-])cc2c1)Nc1ccc2c(O)c(N=Nc3ccc(N=Nc4ccc(S(=O)(=O)[O-])cc4)cc3S(=O)(=O)[O-])c(S(=O)(=O)[O-])cc2c1. The first-order valence-corrected chi connectivity index (χ1v) is 30.2. The second-order valence-corrected chi connectivity index (χ2v) is 24.6. The summed E-state index contributed by atoms with van der Waals surface area (Å²) in [7, 11) is -31.4. The van der Waals surface area contributed by atoms with E-state index in [9.17, 15) is 92.8 Å². The van der Waals surface area contributed by atoms with E-state index in [1.807, 2.05) is 0 Å². The predicted octanol–water partition coefficient (Wildman–Crippen LogP) is 8.13. The highest BCUT2D eigenvalue weighted by atomic mass is 32.2. The van der Waals surface area contributed by atoms with E-state index >= 15 is 0 Å². The Bertz CT molecular complexity index is 4840. The zero-order valence-electron chi connectivity index (χ0n) is 39.9. The van der Waals surface area contributed by atoms with Crippen LogP contribution in [0.3, 0.4) is 0 Å². The number of carbonyl (C=O) groups is 1. The molecule has 0 radical (unpaired) electrons. The van der Waals surface area contributed by atoms with Crippen molar-refractivity contribution in [1.29, 1.82) is 0 Å². The number of rotatable bonds is 16. The number of hydrogen-bond donors (Lipinski definition) is 4. The third kappa shape index (κ3) is 13.9. The molecular weight excluding hydrogens is 1210 g/mol. The number of urea groups is 1. The predicted molar refractivity (Wildman–Crippen MR) is 274 cm³/mol. The number of fused-ring (bicyclic) bond motifs is 2. The van der Waals surface area contributed by atoms with Crippen molar-refractivity contribution >= 4 is 145 Å². The molecule has 37 heteroatoms. The lowest BCUT2D eigenvalue weighted by atomic mass is 10.1. The molecule has 0 aliphatic heterocycles. The van der Waals surface area contributed by atoms with Crippen LogP contribution in [-0.4, -0.2) is 94.1 Å². The van der Waals surface area contributed by atoms with Gasteiger partial charge in [0.15, 0.2) is 5.75 Å². The first-order chi connectivity index (χ1) is 38.1. The fraction of sp³-hybridized carbons (Fsp3) is 0. The van der Waals surface area contributed by atoms with Gasteiger partial charge in [0.1, 0.15) is 89.2 Å². The van der Waals surface area contributed by atoms with Crippen molar-refractivity contribution in [2.24, 2.45) is 40.9 Å². The Kier molecular flexibility index (Phi) is 16.0. The Morgan fingerprint density at radius 2 is 0.744 bits per heavy atom. The van der Waals surface area contributed by atoms with E-state index in [0.717, 1.165) is 121 Å². The molecule has 82 heavy (non-hydrogen) atoms. The second kappa shape index (κ2) is 22.2. The van der Waals surface area contributed by atoms with Crippen LogP contribution >= 0.6 is 0 Å². The molecule has 2 amide bonds. The number of hydrogen-bond acceptors (Lipinski definition) is 29. The summed E-state index contributed by atoms with van der Waals surface area (Å²) in [4.78, 5) is 7.69. The van der Waals surface area contributed by atoms with Gasteiger partial charge < -0.3 is 48.2 Å². The van der Waals surface area contributed by atoms with E-state index in [4.69, 9.17) is 0 Å². The van der Waals surface area contributed by atoms with Crippen LogP contribution in [0.25, 0.3) is 21.5 Å². The number of amides is 2. The Hall–Kier alpha value is -8.99. The molecule has 0 unspecified atom stereocenters. The summed E-state index contributed by atoms with van der Waals surface area (Å²) in [5.41, 5.74) is -4.08. The molecule has 0 saturated carbocycles. The maximum absolute atomic E-state index is 13.2. The summed E-state index contributed by atoms with van der Waals surface area (Å²) in [6.07, 6.45) is 0. The number of anilines is 2. The van der Waals surface area contributed by atoms with Crippen LogP contribution in [0.15, 0.2) is 204 Å². The summed E-state index contributed by atoms with van der Waals surface area (Å²) in [5, 5.41) is 55.6. The van der Waals surface area contributed by atoms with Gasteiger partial charge in [-0.3, -0.25) is 0 Å². The quantitative estimate of drug-likeness (QED) is 0.0523. The zero-order valence-corrected chi connectivity index (χ0v) is 44.8. The number of nitrogens with zero attached hydrogens (tertiary/aromatic N) is 8. The summed E-state index contributed by atoms with van der Waals surface area (Å²) in [6.45, 7) is 0. The molecule has 0 aromatic heterocycles. The van der Waals surface area contributed by atoms with Crippen LogP contribution in [0, 0.1) is 0 Å². The topological polar surface area (TPSA) is 524 Å². The molecule has 8 aromatic rings. The number of nitrogens with one attached hydrogen (secondary N) is 2. The smallest absolute Gasteiger partial charge is 0.323 e. The van der Waals surface area contributed by atoms with Gasteiger partial charge in [0, 0.05) is 28.2 Å². The first-order valence-electron chi connectivity index (χ1n) is 21.7. The van der Waals surface area contributed by atoms with E-state index in [1.165, 1.54) is 0 Å². The molecule has 0 heterocycles. The average molecular weight is 1240 g/mol. The van der Waals surface area contributed by atoms with E-state index in [2.05, 4.69) is 51.5 Å². The van der Waals surface area contributed by atoms with E-state index in [0.29, 0.717) is 12.1 Å². The highest BCUT2D eigenvalue weighted by molar-refractivity contribution is 7.87. The molecule has 0 bridgehead atoms. The molecule has 8 rings (SSSR count). The standard InChI is InChI=1S/C45H32N10O21S6/c56-38-19-30(16-24-17-39(79(65,66)67)37(22-34(24)38)54-52-35-13-6-28(20-40(35)80(68,69)70)50-48-25-1-8-31(9-2-25)77(59,60)61)47-45(58)46-27-5-12-33-23(15-27)18-42(82(74,75)76)43(44(33)57)55-53-36-14-7-29(21-41(36)81(71,72)73)51-49-26-3-10-32(11-4-26)78(62,63)64/h1-22,56-57H,(H2,46,47,58)(H,59,60,61)(H,62,63,64)(H,65,66,67)(H,68,69,70)(H,71,72,73)(H,74,75,76)/p-6. The number of azo groups is 4. The Balaban J connectivity index is 1.02. The maximum Gasteiger partial charge on any atom is 0.323 e. The summed E-state index contributed by atoms with van der Waals surface area (Å²) in [5.74, 6) is -1.67. The lowest BCUT2D eigenvalue weighted by Gasteiger charge is -2.15. The number of phenolic OH excluding ortho intramolecular Hbond substituents is 2. The molecule has 31 nitrogen and oxygen atoms in total. The lowest BCUT2D eigenvalue weighted by molar-refractivity contribution is 0.262. The van der Waals surface area contributed by atoms with Gasteiger partial charge in [-0.05, 0) is 138 Å². The Labute approximate surface area is 461 Å². The summed E-state index contributed by atoms with van der Waals surface area (Å²) < 4.78 is 216. The number of aromatic hydroxyl groups is 2. The van der Waals surface area contributed by atoms with Crippen LogP contribution in [-0.2, 0) is 60.7 Å². The fourth-order valence-electron chi connectivity index (χ4n) is 7.22. The summed E-state index contributed by atoms with van der Waals surface area (Å²) in [6, 6.07) is 20.2. The molecule has 0 aliphatic carbocycles. The largest absolute Gasteiger partial charge is 0.744 e. The van der Waals surface area contributed by atoms with Gasteiger partial charge in [-0.2, -0.15) is 20.5 Å². The van der Waals surface area contributed by atoms with Crippen molar-refractivity contribution in [3.05, 3.63) is 133 Å². The van der Waals surface area contributed by atoms with E-state index < -0.39 is 130 Å². The van der Waals surface area contributed by atoms with Gasteiger partial charge in [0.2, 0.25) is 0 Å². The van der Waals surface area contributed by atoms with Crippen LogP contribution in [0.2, 0.25) is 0 Å². The van der Waals surface area contributed by atoms with E-state index in [-0.39, 0.29) is 55.7 Å². The van der Waals surface area contributed by atoms with Gasteiger partial charge >= 0.3 is 6.03 Å². The third-order valence-corrected chi connectivity index (χ3v) is 16.0. The molecule has 424 valence electrons. The van der Waals surface area contributed by atoms with Crippen LogP contribution in [0.5, 0.6) is 11.5 Å². The molecule has 8 aromatic carbocycles. The third-order valence-electron chi connectivity index (χ3n) is 10.9. The van der Waals surface area contributed by atoms with Gasteiger partial charge in [-0.1, -0.05) is 0 Å². The molecule has 0 aliphatic rings. The van der Waals surface area contributed by atoms with Crippen molar-refractivity contribution in [2.75, 3.05) is 10.6 Å². The van der Waals surface area contributed by atoms with Crippen molar-refractivity contribution in [1.82, 2.24) is 0 Å². The number of phenols is 2. The fourth-order valence-corrected chi connectivity index (χ4v) is 10.7. The van der Waals surface area contributed by atoms with Crippen molar-refractivity contribution in [2.45, 2.75) is 29.4 Å². The lowest BCUT2D eigenvalue weighted by Crippen LogP contribution is -2.19. The van der Waals surface area contributed by atoms with Crippen LogP contribution in [0.4, 0.5) is 61.7 Å². The van der Waals surface area contributed by atoms with Gasteiger partial charge in [-0.15, -0.1) is 20.5 Å². The summed E-state index contributed by atoms with van der Waals surface area (Å²) >= 11 is 0. The molecule has 0 fully saturated rings. The van der Waals surface area contributed by atoms with E-state index in [1.54, 1.807) is 0 Å². The molecule has 0 saturated heterocycles. The van der Waals surface area contributed by atoms with Crippen molar-refractivity contribution < 1.29 is 92.8 Å². The second-order valence-electron chi connectivity index (χ2n) is 16.4. The monoisotopic (exact) mass is 1230 g/mol. The van der Waals surface area contributed by atoms with Crippen molar-refractivity contribution in [3.8, 4) is 11.5 Å². The van der Waals surface area contributed by atoms with Gasteiger partial charge in [0.25, 0.3) is 0 Å². The normalized spacial score (nSPS) is 13.0. The molecule has 0 spiro atoms. The van der Waals surface area contributed by atoms with Crippen LogP contribution in [0.1, 0.15) is 0 Å². The minimum atomic E-state index is -5.56. The minimum Gasteiger partial charge on any atom is -0.744 e. The molecular formula is C45H26N10O21S6-6. The Morgan fingerprint density at radius 1 is 0.354 bits per heavy atom. The first kappa shape index (κ1) is 59.1. The minimum absolute atomic E-state index is 0.000239. The number of benzene rings is 8. The Morgan fingerprint density at radius 3 is 1.22 bits per heavy atom. The zero-order chi connectivity index (χ0) is 59.9. The van der Waals surface area contributed by atoms with Gasteiger partial charge in [0.05, 0.1) is 52.1 Å². The van der Waals surface area contributed by atoms with Gasteiger partial charge in [-0.25, -0.2) is 55.3 Å². The van der Waals surface area contributed by atoms with Crippen molar-refractivity contribution in [3.63, 3.8) is 0 Å². The van der Waals surface area contributed by atoms with Crippen LogP contribution < -0.4 is 10.6 Å². The highest BCUT2D eigenvalue weighted by Gasteiger charge is 2.21. The molecule has 4 N–H and O–H groups in total. The number of carbonyl (C=O) groups excluding carboxylic acids is 1. The average Bonchev–Trinajstić information content (AvgIpc) is 2.58.